The summed E-state index contributed by atoms with van der Waals surface area (Å²) in [4.78, 5) is 2.37. The van der Waals surface area contributed by atoms with Crippen molar-refractivity contribution in [3.63, 3.8) is 0 Å². The van der Waals surface area contributed by atoms with Crippen molar-refractivity contribution in [2.75, 3.05) is 20.1 Å². The van der Waals surface area contributed by atoms with E-state index in [1.165, 1.54) is 27.7 Å². The largest absolute Gasteiger partial charge is 0.341 e. The lowest BCUT2D eigenvalue weighted by Crippen LogP contribution is -2.30. The zero-order chi connectivity index (χ0) is 13.6. The lowest BCUT2D eigenvalue weighted by molar-refractivity contribution is 0.271. The van der Waals surface area contributed by atoms with E-state index in [0.717, 1.165) is 31.1 Å². The monoisotopic (exact) mass is 277 g/mol. The van der Waals surface area contributed by atoms with Gasteiger partial charge >= 0.3 is 0 Å². The van der Waals surface area contributed by atoms with Crippen molar-refractivity contribution in [2.45, 2.75) is 26.4 Å². The fourth-order valence-electron chi connectivity index (χ4n) is 3.18. The predicted molar refractivity (Wildman–Crippen MR) is 80.8 cm³/mol. The van der Waals surface area contributed by atoms with E-state index >= 15 is 0 Å². The normalized spacial score (nSPS) is 16.0. The smallest absolute Gasteiger partial charge is 0.0530 e. The minimum atomic E-state index is 0.692. The van der Waals surface area contributed by atoms with E-state index in [-0.39, 0.29) is 0 Å². The van der Waals surface area contributed by atoms with Crippen LogP contribution in [0.25, 0.3) is 10.9 Å². The van der Waals surface area contributed by atoms with Crippen LogP contribution in [0.3, 0.4) is 0 Å². The third-order valence-electron chi connectivity index (χ3n) is 4.15. The zero-order valence-electron chi connectivity index (χ0n) is 11.5. The molecule has 102 valence electrons. The molecule has 0 saturated heterocycles. The first-order valence-corrected chi connectivity index (χ1v) is 7.19. The van der Waals surface area contributed by atoms with Crippen LogP contribution in [-0.2, 0) is 19.5 Å². The van der Waals surface area contributed by atoms with Crippen LogP contribution in [-0.4, -0.2) is 29.6 Å². The van der Waals surface area contributed by atoms with Crippen molar-refractivity contribution in [1.82, 2.24) is 9.47 Å². The Hall–Kier alpha value is -1.03. The molecule has 1 aliphatic heterocycles. The van der Waals surface area contributed by atoms with Gasteiger partial charge in [-0.1, -0.05) is 17.7 Å². The molecule has 1 aliphatic rings. The van der Waals surface area contributed by atoms with Gasteiger partial charge in [-0.15, -0.1) is 0 Å². The molecule has 0 aliphatic carbocycles. The van der Waals surface area contributed by atoms with Gasteiger partial charge in [0.2, 0.25) is 0 Å². The molecule has 4 heteroatoms. The molecule has 2 aromatic rings. The Morgan fingerprint density at radius 3 is 2.84 bits per heavy atom. The van der Waals surface area contributed by atoms with Crippen LogP contribution >= 0.6 is 11.6 Å². The maximum atomic E-state index is 6.30. The number of fused-ring (bicyclic) bond motifs is 3. The Balaban J connectivity index is 2.33. The van der Waals surface area contributed by atoms with Gasteiger partial charge in [-0.3, -0.25) is 4.90 Å². The third-order valence-corrected chi connectivity index (χ3v) is 4.56. The Morgan fingerprint density at radius 1 is 1.32 bits per heavy atom. The number of hydrogen-bond donors (Lipinski definition) is 1. The first-order chi connectivity index (χ1) is 9.13. The van der Waals surface area contributed by atoms with E-state index in [2.05, 4.69) is 29.5 Å². The van der Waals surface area contributed by atoms with Crippen molar-refractivity contribution in [2.24, 2.45) is 5.73 Å². The van der Waals surface area contributed by atoms with E-state index in [9.17, 15) is 0 Å². The van der Waals surface area contributed by atoms with Gasteiger partial charge in [0.25, 0.3) is 0 Å². The molecule has 0 fully saturated rings. The molecule has 0 atom stereocenters. The number of hydrogen-bond acceptors (Lipinski definition) is 2. The van der Waals surface area contributed by atoms with Crippen molar-refractivity contribution >= 4 is 22.5 Å². The van der Waals surface area contributed by atoms with Gasteiger partial charge in [-0.25, -0.2) is 0 Å². The van der Waals surface area contributed by atoms with E-state index in [0.29, 0.717) is 6.54 Å². The first kappa shape index (κ1) is 13.0. The summed E-state index contributed by atoms with van der Waals surface area (Å²) < 4.78 is 2.45. The van der Waals surface area contributed by atoms with Crippen molar-refractivity contribution < 1.29 is 0 Å². The maximum Gasteiger partial charge on any atom is 0.0530 e. The second kappa shape index (κ2) is 4.82. The number of rotatable bonds is 2. The van der Waals surface area contributed by atoms with Crippen LogP contribution in [0.2, 0.25) is 5.02 Å². The fraction of sp³-hybridized carbons (Fsp3) is 0.467. The van der Waals surface area contributed by atoms with Crippen LogP contribution < -0.4 is 5.73 Å². The van der Waals surface area contributed by atoms with Gasteiger partial charge in [0.15, 0.2) is 0 Å². The molecular formula is C15H20ClN3. The maximum absolute atomic E-state index is 6.30. The van der Waals surface area contributed by atoms with Gasteiger partial charge in [0.05, 0.1) is 5.52 Å². The zero-order valence-corrected chi connectivity index (χ0v) is 12.3. The van der Waals surface area contributed by atoms with Crippen molar-refractivity contribution in [1.29, 1.82) is 0 Å². The molecule has 0 unspecified atom stereocenters. The minimum absolute atomic E-state index is 0.692. The molecule has 0 bridgehead atoms. The van der Waals surface area contributed by atoms with E-state index in [1.807, 2.05) is 6.07 Å². The van der Waals surface area contributed by atoms with Crippen LogP contribution in [0.1, 0.15) is 16.8 Å². The SMILES string of the molecule is Cc1c(Cl)ccc2c(CCN)c3n(c12)CCN(C)C3. The second-order valence-corrected chi connectivity index (χ2v) is 5.83. The molecule has 0 saturated carbocycles. The highest BCUT2D eigenvalue weighted by atomic mass is 35.5. The van der Waals surface area contributed by atoms with Gasteiger partial charge in [-0.2, -0.15) is 0 Å². The number of halogens is 1. The molecule has 0 spiro atoms. The highest BCUT2D eigenvalue weighted by Gasteiger charge is 2.22. The summed E-state index contributed by atoms with van der Waals surface area (Å²) in [5, 5.41) is 2.18. The van der Waals surface area contributed by atoms with E-state index in [1.54, 1.807) is 0 Å². The number of aryl methyl sites for hydroxylation is 1. The summed E-state index contributed by atoms with van der Waals surface area (Å²) in [6.07, 6.45) is 0.938. The van der Waals surface area contributed by atoms with Gasteiger partial charge in [0.1, 0.15) is 0 Å². The molecule has 3 nitrogen and oxygen atoms in total. The van der Waals surface area contributed by atoms with Crippen LogP contribution in [0.15, 0.2) is 12.1 Å². The molecule has 3 rings (SSSR count). The Morgan fingerprint density at radius 2 is 2.11 bits per heavy atom. The summed E-state index contributed by atoms with van der Waals surface area (Å²) >= 11 is 6.30. The van der Waals surface area contributed by atoms with Gasteiger partial charge < -0.3 is 10.3 Å². The topological polar surface area (TPSA) is 34.2 Å². The number of aromatic nitrogens is 1. The lowest BCUT2D eigenvalue weighted by atomic mass is 10.1. The molecule has 19 heavy (non-hydrogen) atoms. The third kappa shape index (κ3) is 1.97. The molecule has 1 aromatic heterocycles. The molecule has 0 radical (unpaired) electrons. The Bertz CT molecular complexity index is 630. The van der Waals surface area contributed by atoms with Gasteiger partial charge in [0, 0.05) is 35.7 Å². The fourth-order valence-corrected chi connectivity index (χ4v) is 3.33. The summed E-state index contributed by atoms with van der Waals surface area (Å²) in [5.74, 6) is 0. The van der Waals surface area contributed by atoms with Gasteiger partial charge in [-0.05, 0) is 44.1 Å². The predicted octanol–water partition coefficient (Wildman–Crippen LogP) is 2.55. The Kier molecular flexibility index (Phi) is 3.29. The first-order valence-electron chi connectivity index (χ1n) is 6.81. The molecular weight excluding hydrogens is 258 g/mol. The highest BCUT2D eigenvalue weighted by Crippen LogP contribution is 2.34. The quantitative estimate of drug-likeness (QED) is 0.915. The number of benzene rings is 1. The summed E-state index contributed by atoms with van der Waals surface area (Å²) in [7, 11) is 2.17. The molecule has 0 amide bonds. The second-order valence-electron chi connectivity index (χ2n) is 5.42. The van der Waals surface area contributed by atoms with Crippen LogP contribution in [0.5, 0.6) is 0 Å². The number of likely N-dealkylation sites (N-methyl/N-ethyl adjacent to an activating group) is 1. The van der Waals surface area contributed by atoms with Crippen molar-refractivity contribution in [3.05, 3.63) is 34.0 Å². The summed E-state index contributed by atoms with van der Waals surface area (Å²) in [6.45, 7) is 5.93. The highest BCUT2D eigenvalue weighted by molar-refractivity contribution is 6.32. The number of nitrogens with zero attached hydrogens (tertiary/aromatic N) is 2. The van der Waals surface area contributed by atoms with Crippen LogP contribution in [0, 0.1) is 6.92 Å². The molecule has 2 N–H and O–H groups in total. The van der Waals surface area contributed by atoms with E-state index < -0.39 is 0 Å². The number of nitrogens with two attached hydrogens (primary N) is 1. The van der Waals surface area contributed by atoms with E-state index in [4.69, 9.17) is 17.3 Å². The summed E-state index contributed by atoms with van der Waals surface area (Å²) in [6, 6.07) is 4.16. The standard InChI is InChI=1S/C15H20ClN3/c1-10-13(16)4-3-12-11(5-6-17)14-9-18(2)7-8-19(14)15(10)12/h3-4H,5-9,17H2,1-2H3. The van der Waals surface area contributed by atoms with Crippen molar-refractivity contribution in [3.8, 4) is 0 Å². The van der Waals surface area contributed by atoms with Crippen LogP contribution in [0.4, 0.5) is 0 Å². The molecule has 2 heterocycles. The average Bonchev–Trinajstić information content (AvgIpc) is 2.69. The Labute approximate surface area is 118 Å². The molecule has 1 aromatic carbocycles. The minimum Gasteiger partial charge on any atom is -0.341 e. The average molecular weight is 278 g/mol. The lowest BCUT2D eigenvalue weighted by Gasteiger charge is -2.26. The summed E-state index contributed by atoms with van der Waals surface area (Å²) in [5.41, 5.74) is 11.1.